The van der Waals surface area contributed by atoms with Crippen LogP contribution < -0.4 is 0 Å². The highest BCUT2D eigenvalue weighted by Gasteiger charge is 2.35. The summed E-state index contributed by atoms with van der Waals surface area (Å²) in [6.45, 7) is 1.86. The van der Waals surface area contributed by atoms with Crippen LogP contribution in [0.2, 0.25) is 0 Å². The first-order valence-electron chi connectivity index (χ1n) is 6.73. The van der Waals surface area contributed by atoms with Crippen molar-refractivity contribution in [3.63, 3.8) is 0 Å². The lowest BCUT2D eigenvalue weighted by Crippen LogP contribution is -2.38. The van der Waals surface area contributed by atoms with E-state index in [4.69, 9.17) is 0 Å². The highest BCUT2D eigenvalue weighted by molar-refractivity contribution is 7.89. The molecule has 1 heterocycles. The molecule has 0 bridgehead atoms. The van der Waals surface area contributed by atoms with Gasteiger partial charge in [-0.25, -0.2) is 13.2 Å². The molecule has 0 aromatic heterocycles. The Morgan fingerprint density at radius 1 is 1.48 bits per heavy atom. The SMILES string of the molecule is COC(=O)c1ccc(C)c(S(=O)(=O)N2CCC[C@@H]2CO)c1. The summed E-state index contributed by atoms with van der Waals surface area (Å²) in [5.41, 5.74) is 0.757. The Morgan fingerprint density at radius 3 is 2.81 bits per heavy atom. The standard InChI is InChI=1S/C14H19NO5S/c1-10-5-6-11(14(17)20-2)8-13(10)21(18,19)15-7-3-4-12(15)9-16/h5-6,8,12,16H,3-4,7,9H2,1-2H3/t12-/m1/s1. The highest BCUT2D eigenvalue weighted by atomic mass is 32.2. The fraction of sp³-hybridized carbons (Fsp3) is 0.500. The highest BCUT2D eigenvalue weighted by Crippen LogP contribution is 2.28. The summed E-state index contributed by atoms with van der Waals surface area (Å²) < 4.78 is 31.4. The van der Waals surface area contributed by atoms with Crippen molar-refractivity contribution < 1.29 is 23.1 Å². The second-order valence-corrected chi connectivity index (χ2v) is 6.93. The summed E-state index contributed by atoms with van der Waals surface area (Å²) in [4.78, 5) is 11.7. The summed E-state index contributed by atoms with van der Waals surface area (Å²) in [5.74, 6) is -0.577. The van der Waals surface area contributed by atoms with Gasteiger partial charge in [-0.1, -0.05) is 6.07 Å². The zero-order chi connectivity index (χ0) is 15.6. The molecule has 1 aromatic rings. The predicted octanol–water partition coefficient (Wildman–Crippen LogP) is 0.927. The molecule has 1 aliphatic heterocycles. The number of hydrogen-bond donors (Lipinski definition) is 1. The molecule has 0 amide bonds. The van der Waals surface area contributed by atoms with Crippen LogP contribution in [0.15, 0.2) is 23.1 Å². The lowest BCUT2D eigenvalue weighted by atomic mass is 10.1. The Labute approximate surface area is 124 Å². The molecule has 0 radical (unpaired) electrons. The van der Waals surface area contributed by atoms with Crippen LogP contribution in [0.5, 0.6) is 0 Å². The predicted molar refractivity (Wildman–Crippen MR) is 76.5 cm³/mol. The van der Waals surface area contributed by atoms with Gasteiger partial charge in [0.15, 0.2) is 0 Å². The first-order valence-corrected chi connectivity index (χ1v) is 8.17. The van der Waals surface area contributed by atoms with Crippen molar-refractivity contribution >= 4 is 16.0 Å². The molecule has 7 heteroatoms. The smallest absolute Gasteiger partial charge is 0.337 e. The summed E-state index contributed by atoms with van der Waals surface area (Å²) in [5, 5.41) is 9.32. The third kappa shape index (κ3) is 2.95. The fourth-order valence-electron chi connectivity index (χ4n) is 2.56. The van der Waals surface area contributed by atoms with Crippen LogP contribution >= 0.6 is 0 Å². The van der Waals surface area contributed by atoms with E-state index < -0.39 is 22.0 Å². The van der Waals surface area contributed by atoms with Gasteiger partial charge in [0.05, 0.1) is 24.2 Å². The number of methoxy groups -OCH3 is 1. The van der Waals surface area contributed by atoms with Gasteiger partial charge >= 0.3 is 5.97 Å². The first kappa shape index (κ1) is 15.9. The number of ether oxygens (including phenoxy) is 1. The molecule has 0 aliphatic carbocycles. The van der Waals surface area contributed by atoms with Gasteiger partial charge in [-0.05, 0) is 37.5 Å². The molecule has 1 N–H and O–H groups in total. The van der Waals surface area contributed by atoms with Crippen molar-refractivity contribution in [2.75, 3.05) is 20.3 Å². The maximum atomic E-state index is 12.8. The van der Waals surface area contributed by atoms with Crippen LogP contribution in [0.3, 0.4) is 0 Å². The summed E-state index contributed by atoms with van der Waals surface area (Å²) in [7, 11) is -2.48. The van der Waals surface area contributed by atoms with Crippen LogP contribution in [-0.4, -0.2) is 50.1 Å². The van der Waals surface area contributed by atoms with Crippen LogP contribution in [0.1, 0.15) is 28.8 Å². The molecule has 1 atom stereocenters. The van der Waals surface area contributed by atoms with Gasteiger partial charge < -0.3 is 9.84 Å². The van der Waals surface area contributed by atoms with E-state index >= 15 is 0 Å². The molecule has 6 nitrogen and oxygen atoms in total. The molecule has 0 unspecified atom stereocenters. The van der Waals surface area contributed by atoms with Gasteiger partial charge in [0.2, 0.25) is 10.0 Å². The van der Waals surface area contributed by atoms with Gasteiger partial charge in [-0.15, -0.1) is 0 Å². The number of carbonyl (C=O) groups excluding carboxylic acids is 1. The first-order chi connectivity index (χ1) is 9.91. The average molecular weight is 313 g/mol. The topological polar surface area (TPSA) is 83.9 Å². The monoisotopic (exact) mass is 313 g/mol. The Morgan fingerprint density at radius 2 is 2.19 bits per heavy atom. The van der Waals surface area contributed by atoms with Crippen molar-refractivity contribution in [3.8, 4) is 0 Å². The number of aliphatic hydroxyl groups is 1. The molecule has 0 saturated carbocycles. The minimum Gasteiger partial charge on any atom is -0.465 e. The van der Waals surface area contributed by atoms with E-state index in [9.17, 15) is 18.3 Å². The Balaban J connectivity index is 2.46. The third-order valence-electron chi connectivity index (χ3n) is 3.73. The number of aryl methyl sites for hydroxylation is 1. The Bertz CT molecular complexity index is 641. The molecule has 1 saturated heterocycles. The molecular weight excluding hydrogens is 294 g/mol. The van der Waals surface area contributed by atoms with Crippen molar-refractivity contribution in [1.29, 1.82) is 0 Å². The van der Waals surface area contributed by atoms with E-state index in [1.165, 1.54) is 23.5 Å². The second kappa shape index (κ2) is 6.13. The zero-order valence-corrected chi connectivity index (χ0v) is 12.9. The van der Waals surface area contributed by atoms with E-state index in [1.54, 1.807) is 13.0 Å². The number of rotatable bonds is 4. The number of nitrogens with zero attached hydrogens (tertiary/aromatic N) is 1. The van der Waals surface area contributed by atoms with Crippen LogP contribution in [0.25, 0.3) is 0 Å². The van der Waals surface area contributed by atoms with Gasteiger partial charge in [0, 0.05) is 12.6 Å². The van der Waals surface area contributed by atoms with Gasteiger partial charge in [-0.3, -0.25) is 0 Å². The van der Waals surface area contributed by atoms with Gasteiger partial charge in [0.25, 0.3) is 0 Å². The van der Waals surface area contributed by atoms with E-state index in [1.807, 2.05) is 0 Å². The van der Waals surface area contributed by atoms with Gasteiger partial charge in [0.1, 0.15) is 0 Å². The molecule has 1 aliphatic rings. The van der Waals surface area contributed by atoms with Gasteiger partial charge in [-0.2, -0.15) is 4.31 Å². The number of aliphatic hydroxyl groups excluding tert-OH is 1. The molecule has 0 spiro atoms. The maximum absolute atomic E-state index is 12.8. The minimum atomic E-state index is -3.73. The van der Waals surface area contributed by atoms with Crippen molar-refractivity contribution in [2.45, 2.75) is 30.7 Å². The van der Waals surface area contributed by atoms with E-state index in [2.05, 4.69) is 4.74 Å². The summed E-state index contributed by atoms with van der Waals surface area (Å²) in [6, 6.07) is 4.07. The average Bonchev–Trinajstić information content (AvgIpc) is 2.96. The largest absolute Gasteiger partial charge is 0.465 e. The summed E-state index contributed by atoms with van der Waals surface area (Å²) >= 11 is 0. The number of carbonyl (C=O) groups is 1. The second-order valence-electron chi connectivity index (χ2n) is 5.07. The third-order valence-corrected chi connectivity index (χ3v) is 5.82. The number of esters is 1. The van der Waals surface area contributed by atoms with E-state index in [0.29, 0.717) is 18.5 Å². The lowest BCUT2D eigenvalue weighted by molar-refractivity contribution is 0.0600. The number of sulfonamides is 1. The Kier molecular flexibility index (Phi) is 4.65. The minimum absolute atomic E-state index is 0.0887. The normalized spacial score (nSPS) is 19.7. The fourth-order valence-corrected chi connectivity index (χ4v) is 4.49. The zero-order valence-electron chi connectivity index (χ0n) is 12.1. The summed E-state index contributed by atoms with van der Waals surface area (Å²) in [6.07, 6.45) is 1.37. The van der Waals surface area contributed by atoms with Crippen molar-refractivity contribution in [2.24, 2.45) is 0 Å². The van der Waals surface area contributed by atoms with Crippen LogP contribution in [0.4, 0.5) is 0 Å². The molecule has 1 aromatic carbocycles. The molecule has 116 valence electrons. The molecular formula is C14H19NO5S. The van der Waals surface area contributed by atoms with E-state index in [-0.39, 0.29) is 17.1 Å². The number of hydrogen-bond acceptors (Lipinski definition) is 5. The van der Waals surface area contributed by atoms with E-state index in [0.717, 1.165) is 6.42 Å². The van der Waals surface area contributed by atoms with Crippen LogP contribution in [-0.2, 0) is 14.8 Å². The van der Waals surface area contributed by atoms with Crippen molar-refractivity contribution in [1.82, 2.24) is 4.31 Å². The molecule has 21 heavy (non-hydrogen) atoms. The lowest BCUT2D eigenvalue weighted by Gasteiger charge is -2.23. The molecule has 1 fully saturated rings. The quantitative estimate of drug-likeness (QED) is 0.836. The van der Waals surface area contributed by atoms with Crippen molar-refractivity contribution in [3.05, 3.63) is 29.3 Å². The Hall–Kier alpha value is -1.44. The number of benzene rings is 1. The maximum Gasteiger partial charge on any atom is 0.337 e. The van der Waals surface area contributed by atoms with Crippen LogP contribution in [0, 0.1) is 6.92 Å². The molecule has 2 rings (SSSR count).